The largest absolute Gasteiger partial charge is 0.493 e. The Balaban J connectivity index is 1.42. The lowest BCUT2D eigenvalue weighted by Crippen LogP contribution is -2.31. The van der Waals surface area contributed by atoms with Crippen LogP contribution in [0.2, 0.25) is 0 Å². The maximum atomic E-state index is 12.9. The number of hydrogen-bond acceptors (Lipinski definition) is 5. The number of nitrogens with zero attached hydrogens (tertiary/aromatic N) is 1. The zero-order valence-corrected chi connectivity index (χ0v) is 17.6. The van der Waals surface area contributed by atoms with Gasteiger partial charge in [0.25, 0.3) is 0 Å². The number of rotatable bonds is 8. The van der Waals surface area contributed by atoms with Crippen molar-refractivity contribution >= 4 is 21.8 Å². The number of aromatic nitrogens is 2. The molecule has 154 valence electrons. The molecule has 1 aliphatic heterocycles. The van der Waals surface area contributed by atoms with E-state index in [-0.39, 0.29) is 0 Å². The van der Waals surface area contributed by atoms with Gasteiger partial charge >= 0.3 is 0 Å². The van der Waals surface area contributed by atoms with Crippen molar-refractivity contribution in [2.75, 3.05) is 19.8 Å². The summed E-state index contributed by atoms with van der Waals surface area (Å²) >= 11 is 0. The van der Waals surface area contributed by atoms with E-state index in [1.807, 2.05) is 49.4 Å². The molecular weight excluding hydrogens is 388 g/mol. The molecule has 0 aliphatic carbocycles. The molecule has 1 fully saturated rings. The first-order valence-electron chi connectivity index (χ1n) is 9.92. The van der Waals surface area contributed by atoms with Crippen molar-refractivity contribution < 1.29 is 18.4 Å². The summed E-state index contributed by atoms with van der Waals surface area (Å²) in [5, 5.41) is 0.498. The molecule has 0 radical (unpaired) electrons. The molecule has 0 saturated carbocycles. The second kappa shape index (κ2) is 8.65. The van der Waals surface area contributed by atoms with Crippen LogP contribution in [0.4, 0.5) is 0 Å². The van der Waals surface area contributed by atoms with Crippen LogP contribution in [0.5, 0.6) is 5.75 Å². The lowest BCUT2D eigenvalue weighted by atomic mass is 10.1. The number of fused-ring (bicyclic) bond motifs is 1. The predicted molar refractivity (Wildman–Crippen MR) is 112 cm³/mol. The van der Waals surface area contributed by atoms with E-state index >= 15 is 0 Å². The zero-order valence-electron chi connectivity index (χ0n) is 16.8. The third-order valence-electron chi connectivity index (χ3n) is 5.36. The van der Waals surface area contributed by atoms with E-state index in [2.05, 4.69) is 16.9 Å². The van der Waals surface area contributed by atoms with Crippen LogP contribution in [-0.2, 0) is 26.0 Å². The molecule has 0 amide bonds. The average Bonchev–Trinajstić information content (AvgIpc) is 3.38. The van der Waals surface area contributed by atoms with Gasteiger partial charge < -0.3 is 19.2 Å². The molecule has 0 bridgehead atoms. The standard InChI is InChI=1S/C22H26N2O4S/c1-3-22(27-13-14-28-22)11-12-26-20-10-6-7-17(16(20)2)15-29(25)21-23-18-8-4-5-9-19(18)24-21/h4-10H,3,11-15H2,1-2H3,(H,23,24). The predicted octanol–water partition coefficient (Wildman–Crippen LogP) is 4.10. The molecular formula is C22H26N2O4S. The van der Waals surface area contributed by atoms with Crippen molar-refractivity contribution in [2.45, 2.75) is 43.4 Å². The lowest BCUT2D eigenvalue weighted by molar-refractivity contribution is -0.167. The minimum absolute atomic E-state index is 0.383. The van der Waals surface area contributed by atoms with Gasteiger partial charge in [-0.25, -0.2) is 4.98 Å². The highest BCUT2D eigenvalue weighted by Gasteiger charge is 2.34. The highest BCUT2D eigenvalue weighted by atomic mass is 32.2. The van der Waals surface area contributed by atoms with Gasteiger partial charge in [-0.05, 0) is 42.7 Å². The van der Waals surface area contributed by atoms with E-state index in [9.17, 15) is 4.21 Å². The van der Waals surface area contributed by atoms with Crippen LogP contribution in [-0.4, -0.2) is 39.8 Å². The highest BCUT2D eigenvalue weighted by molar-refractivity contribution is 7.84. The second-order valence-corrected chi connectivity index (χ2v) is 8.52. The van der Waals surface area contributed by atoms with Crippen molar-refractivity contribution in [3.8, 4) is 5.75 Å². The fourth-order valence-corrected chi connectivity index (χ4v) is 4.71. The minimum Gasteiger partial charge on any atom is -0.493 e. The fraction of sp³-hybridized carbons (Fsp3) is 0.409. The van der Waals surface area contributed by atoms with Gasteiger partial charge in [0.1, 0.15) is 5.75 Å². The van der Waals surface area contributed by atoms with Crippen molar-refractivity contribution in [1.82, 2.24) is 9.97 Å². The first-order valence-corrected chi connectivity index (χ1v) is 11.2. The van der Waals surface area contributed by atoms with E-state index in [4.69, 9.17) is 14.2 Å². The SMILES string of the molecule is CCC1(CCOc2cccc(CS(=O)c3nc4ccccc4[nH]3)c2C)OCCO1. The number of nitrogens with one attached hydrogen (secondary N) is 1. The summed E-state index contributed by atoms with van der Waals surface area (Å²) in [4.78, 5) is 7.61. The van der Waals surface area contributed by atoms with Crippen LogP contribution in [0, 0.1) is 6.92 Å². The van der Waals surface area contributed by atoms with Gasteiger partial charge in [0, 0.05) is 6.42 Å². The Morgan fingerprint density at radius 3 is 2.72 bits per heavy atom. The van der Waals surface area contributed by atoms with Gasteiger partial charge in [0.05, 0.1) is 47.4 Å². The molecule has 1 atom stereocenters. The molecule has 4 rings (SSSR count). The van der Waals surface area contributed by atoms with Crippen LogP contribution < -0.4 is 4.74 Å². The van der Waals surface area contributed by atoms with Crippen LogP contribution in [0.3, 0.4) is 0 Å². The van der Waals surface area contributed by atoms with Crippen LogP contribution in [0.1, 0.15) is 30.9 Å². The number of imidazole rings is 1. The van der Waals surface area contributed by atoms with Crippen molar-refractivity contribution in [3.05, 3.63) is 53.6 Å². The number of para-hydroxylation sites is 2. The fourth-order valence-electron chi connectivity index (χ4n) is 3.56. The molecule has 29 heavy (non-hydrogen) atoms. The normalized spacial score (nSPS) is 16.9. The Labute approximate surface area is 173 Å². The van der Waals surface area contributed by atoms with E-state index in [1.165, 1.54) is 0 Å². The maximum Gasteiger partial charge on any atom is 0.197 e. The first kappa shape index (κ1) is 20.1. The zero-order chi connectivity index (χ0) is 20.3. The summed E-state index contributed by atoms with van der Waals surface area (Å²) in [6.45, 7) is 5.83. The molecule has 1 unspecified atom stereocenters. The first-order chi connectivity index (χ1) is 14.1. The van der Waals surface area contributed by atoms with Crippen molar-refractivity contribution in [1.29, 1.82) is 0 Å². The van der Waals surface area contributed by atoms with Gasteiger partial charge in [0.2, 0.25) is 0 Å². The Kier molecular flexibility index (Phi) is 5.99. The Bertz CT molecular complexity index is 978. The highest BCUT2D eigenvalue weighted by Crippen LogP contribution is 2.29. The van der Waals surface area contributed by atoms with Gasteiger partial charge in [-0.2, -0.15) is 0 Å². The number of aromatic amines is 1. The third kappa shape index (κ3) is 4.37. The van der Waals surface area contributed by atoms with E-state index in [0.717, 1.165) is 34.3 Å². The van der Waals surface area contributed by atoms with Gasteiger partial charge in [0.15, 0.2) is 10.9 Å². The second-order valence-electron chi connectivity index (χ2n) is 7.15. The summed E-state index contributed by atoms with van der Waals surface area (Å²) in [6, 6.07) is 13.6. The molecule has 3 aromatic rings. The Morgan fingerprint density at radius 2 is 1.97 bits per heavy atom. The van der Waals surface area contributed by atoms with Gasteiger partial charge in [-0.1, -0.05) is 31.2 Å². The quantitative estimate of drug-likeness (QED) is 0.601. The topological polar surface area (TPSA) is 73.4 Å². The van der Waals surface area contributed by atoms with Gasteiger partial charge in [-0.3, -0.25) is 4.21 Å². The number of ether oxygens (including phenoxy) is 3. The summed E-state index contributed by atoms with van der Waals surface area (Å²) < 4.78 is 30.4. The molecule has 1 aliphatic rings. The van der Waals surface area contributed by atoms with E-state index in [0.29, 0.717) is 37.2 Å². The molecule has 7 heteroatoms. The van der Waals surface area contributed by atoms with Crippen LogP contribution >= 0.6 is 0 Å². The van der Waals surface area contributed by atoms with Crippen molar-refractivity contribution in [3.63, 3.8) is 0 Å². The summed E-state index contributed by atoms with van der Waals surface area (Å²) in [7, 11) is -1.26. The molecule has 2 heterocycles. The average molecular weight is 415 g/mol. The Morgan fingerprint density at radius 1 is 1.17 bits per heavy atom. The number of H-pyrrole nitrogens is 1. The van der Waals surface area contributed by atoms with E-state index < -0.39 is 16.6 Å². The molecule has 1 N–H and O–H groups in total. The molecule has 6 nitrogen and oxygen atoms in total. The third-order valence-corrected chi connectivity index (χ3v) is 6.56. The van der Waals surface area contributed by atoms with Crippen LogP contribution in [0.15, 0.2) is 47.6 Å². The number of hydrogen-bond donors (Lipinski definition) is 1. The van der Waals surface area contributed by atoms with Gasteiger partial charge in [-0.15, -0.1) is 0 Å². The molecule has 1 saturated heterocycles. The smallest absolute Gasteiger partial charge is 0.197 e. The molecule has 2 aromatic carbocycles. The minimum atomic E-state index is -1.26. The maximum absolute atomic E-state index is 12.9. The summed E-state index contributed by atoms with van der Waals surface area (Å²) in [5.41, 5.74) is 3.70. The van der Waals surface area contributed by atoms with Crippen LogP contribution in [0.25, 0.3) is 11.0 Å². The monoisotopic (exact) mass is 414 g/mol. The summed E-state index contributed by atoms with van der Waals surface area (Å²) in [5.74, 6) is 0.663. The van der Waals surface area contributed by atoms with E-state index in [1.54, 1.807) is 0 Å². The number of benzene rings is 2. The summed E-state index contributed by atoms with van der Waals surface area (Å²) in [6.07, 6.45) is 1.48. The molecule has 0 spiro atoms. The Hall–Kier alpha value is -2.22. The molecule has 1 aromatic heterocycles. The lowest BCUT2D eigenvalue weighted by Gasteiger charge is -2.26. The van der Waals surface area contributed by atoms with Crippen molar-refractivity contribution in [2.24, 2.45) is 0 Å².